The summed E-state index contributed by atoms with van der Waals surface area (Å²) in [7, 11) is 0. The zero-order valence-electron chi connectivity index (χ0n) is 39.3. The molecule has 1 spiro atoms. The zero-order valence-corrected chi connectivity index (χ0v) is 39.3. The van der Waals surface area contributed by atoms with Crippen LogP contribution in [0.3, 0.4) is 0 Å². The summed E-state index contributed by atoms with van der Waals surface area (Å²) in [4.78, 5) is 17.0. The predicted octanol–water partition coefficient (Wildman–Crippen LogP) is 17.0. The number of rotatable bonds is 5. The summed E-state index contributed by atoms with van der Waals surface area (Å²) in [5, 5.41) is 6.68. The molecule has 2 aliphatic carbocycles. The highest BCUT2D eigenvalue weighted by molar-refractivity contribution is 6.27. The van der Waals surface area contributed by atoms with Crippen LogP contribution in [0.4, 0.5) is 0 Å². The molecule has 0 radical (unpaired) electrons. The fraction of sp³-hybridized carbons (Fsp3) is 0.0147. The number of para-hydroxylation sites is 2. The highest BCUT2D eigenvalue weighted by atomic mass is 16.3. The number of benzene rings is 11. The summed E-state index contributed by atoms with van der Waals surface area (Å²) >= 11 is 0. The summed E-state index contributed by atoms with van der Waals surface area (Å²) in [5.74, 6) is 1.66. The maximum Gasteiger partial charge on any atom is 0.238 e. The van der Waals surface area contributed by atoms with E-state index >= 15 is 0 Å². The van der Waals surface area contributed by atoms with E-state index in [1.165, 1.54) is 60.7 Å². The molecule has 16 rings (SSSR count). The molecule has 3 aromatic heterocycles. The molecule has 3 heterocycles. The quantitative estimate of drug-likeness (QED) is 0.173. The van der Waals surface area contributed by atoms with Gasteiger partial charge >= 0.3 is 0 Å². The maximum atomic E-state index is 6.53. The third-order valence-corrected chi connectivity index (χ3v) is 15.6. The Morgan fingerprint density at radius 1 is 0.342 bits per heavy atom. The van der Waals surface area contributed by atoms with E-state index in [1.807, 2.05) is 24.3 Å². The topological polar surface area (TPSA) is 56.7 Å². The second-order valence-corrected chi connectivity index (χ2v) is 19.3. The van der Waals surface area contributed by atoms with E-state index in [1.54, 1.807) is 0 Å². The van der Waals surface area contributed by atoms with Crippen molar-refractivity contribution < 1.29 is 4.42 Å². The molecule has 14 aromatic rings. The third kappa shape index (κ3) is 5.53. The van der Waals surface area contributed by atoms with Gasteiger partial charge in [-0.25, -0.2) is 4.98 Å². The van der Waals surface area contributed by atoms with Crippen LogP contribution in [0.15, 0.2) is 247 Å². The van der Waals surface area contributed by atoms with Gasteiger partial charge in [0.2, 0.25) is 5.95 Å². The Hall–Kier alpha value is -9.71. The largest absolute Gasteiger partial charge is 0.456 e. The summed E-state index contributed by atoms with van der Waals surface area (Å²) in [6.45, 7) is 0. The van der Waals surface area contributed by atoms with Crippen LogP contribution in [0, 0.1) is 0 Å². The number of hydrogen-bond acceptors (Lipinski definition) is 4. The van der Waals surface area contributed by atoms with Crippen molar-refractivity contribution in [2.75, 3.05) is 0 Å². The first kappa shape index (κ1) is 40.1. The van der Waals surface area contributed by atoms with Crippen LogP contribution in [0.1, 0.15) is 22.3 Å². The van der Waals surface area contributed by atoms with Crippen molar-refractivity contribution in [3.63, 3.8) is 0 Å². The van der Waals surface area contributed by atoms with Gasteiger partial charge in [0.1, 0.15) is 11.2 Å². The molecule has 11 aromatic carbocycles. The minimum Gasteiger partial charge on any atom is -0.456 e. The van der Waals surface area contributed by atoms with Crippen molar-refractivity contribution in [3.8, 4) is 73.2 Å². The van der Waals surface area contributed by atoms with Crippen LogP contribution in [0.2, 0.25) is 0 Å². The second-order valence-electron chi connectivity index (χ2n) is 19.3. The van der Waals surface area contributed by atoms with Crippen molar-refractivity contribution >= 4 is 54.5 Å². The van der Waals surface area contributed by atoms with E-state index in [4.69, 9.17) is 19.4 Å². The molecule has 5 nitrogen and oxygen atoms in total. The molecule has 0 atom stereocenters. The van der Waals surface area contributed by atoms with Crippen molar-refractivity contribution in [1.82, 2.24) is 19.5 Å². The number of furan rings is 1. The Labute approximate surface area is 420 Å². The lowest BCUT2D eigenvalue weighted by molar-refractivity contribution is 0.669. The van der Waals surface area contributed by atoms with Crippen LogP contribution in [-0.2, 0) is 5.41 Å². The minimum atomic E-state index is -0.665. The third-order valence-electron chi connectivity index (χ3n) is 15.6. The van der Waals surface area contributed by atoms with E-state index in [-0.39, 0.29) is 0 Å². The first-order chi connectivity index (χ1) is 36.2. The molecule has 5 heteroatoms. The lowest BCUT2D eigenvalue weighted by atomic mass is 9.70. The molecule has 0 bridgehead atoms. The van der Waals surface area contributed by atoms with Crippen molar-refractivity contribution in [3.05, 3.63) is 265 Å². The Morgan fingerprint density at radius 3 is 1.55 bits per heavy atom. The Balaban J connectivity index is 1.09. The SMILES string of the molecule is c1ccc(-c2cc(-c3ccccc3)cc(-c3nc(-c4cccc5oc6ccccc6c45)nc(-n4c5ccccc5c5c6ccccc6c6c(c54)C4(c5ccccc5-c5ccccc54)c4ccccc4-6)n3)c2)cc1. The summed E-state index contributed by atoms with van der Waals surface area (Å²) < 4.78 is 8.90. The van der Waals surface area contributed by atoms with Gasteiger partial charge in [0.15, 0.2) is 11.6 Å². The monoisotopic (exact) mass is 928 g/mol. The standard InChI is InChI=1S/C68H40N4O/c1-3-20-41(21-4-1)43-38-44(42-22-5-2-6-23-42)40-45(39-43)65-69-66(53-31-19-37-59-60(53)52-30-13-18-36-58(52)73-59)71-67(70-65)72-57-35-17-12-29-51(57)62-49-27-8-7-26-48(49)61-50-28-11-16-34-56(50)68(63(61)64(62)72)54-32-14-9-24-46(54)47-25-10-15-33-55(47)68/h1-40H. The lowest BCUT2D eigenvalue weighted by Crippen LogP contribution is -2.26. The lowest BCUT2D eigenvalue weighted by Gasteiger charge is -2.31. The summed E-state index contributed by atoms with van der Waals surface area (Å²) in [5.41, 5.74) is 19.2. The van der Waals surface area contributed by atoms with Crippen LogP contribution in [0.25, 0.3) is 128 Å². The molecule has 0 aliphatic heterocycles. The smallest absolute Gasteiger partial charge is 0.238 e. The van der Waals surface area contributed by atoms with E-state index < -0.39 is 5.41 Å². The van der Waals surface area contributed by atoms with Crippen LogP contribution >= 0.6 is 0 Å². The number of hydrogen-bond donors (Lipinski definition) is 0. The van der Waals surface area contributed by atoms with Crippen LogP contribution < -0.4 is 0 Å². The molecule has 0 saturated heterocycles. The molecule has 0 saturated carbocycles. The van der Waals surface area contributed by atoms with Crippen LogP contribution in [-0.4, -0.2) is 19.5 Å². The fourth-order valence-corrected chi connectivity index (χ4v) is 12.8. The molecule has 2 aliphatic rings. The van der Waals surface area contributed by atoms with Gasteiger partial charge in [-0.2, -0.15) is 9.97 Å². The Kier molecular flexibility index (Phi) is 8.31. The van der Waals surface area contributed by atoms with E-state index in [0.29, 0.717) is 17.6 Å². The van der Waals surface area contributed by atoms with Gasteiger partial charge in [0, 0.05) is 38.2 Å². The van der Waals surface area contributed by atoms with Gasteiger partial charge < -0.3 is 4.42 Å². The first-order valence-corrected chi connectivity index (χ1v) is 24.9. The van der Waals surface area contributed by atoms with Crippen molar-refractivity contribution in [2.45, 2.75) is 5.41 Å². The average molecular weight is 929 g/mol. The van der Waals surface area contributed by atoms with E-state index in [2.05, 4.69) is 223 Å². The maximum absolute atomic E-state index is 6.53. The molecular formula is C68H40N4O. The molecule has 0 N–H and O–H groups in total. The van der Waals surface area contributed by atoms with Gasteiger partial charge in [-0.1, -0.05) is 206 Å². The second kappa shape index (κ2) is 15.1. The highest BCUT2D eigenvalue weighted by Gasteiger charge is 2.53. The highest BCUT2D eigenvalue weighted by Crippen LogP contribution is 2.66. The van der Waals surface area contributed by atoms with Gasteiger partial charge in [-0.15, -0.1) is 0 Å². The van der Waals surface area contributed by atoms with E-state index in [0.717, 1.165) is 71.7 Å². The molecule has 0 unspecified atom stereocenters. The number of nitrogens with zero attached hydrogens (tertiary/aromatic N) is 4. The molecule has 338 valence electrons. The molecule has 0 fully saturated rings. The Bertz CT molecular complexity index is 4520. The van der Waals surface area contributed by atoms with Crippen molar-refractivity contribution in [1.29, 1.82) is 0 Å². The van der Waals surface area contributed by atoms with Gasteiger partial charge in [-0.05, 0) is 108 Å². The van der Waals surface area contributed by atoms with Crippen molar-refractivity contribution in [2.24, 2.45) is 0 Å². The Morgan fingerprint density at radius 2 is 0.849 bits per heavy atom. The molecular weight excluding hydrogens is 889 g/mol. The fourth-order valence-electron chi connectivity index (χ4n) is 12.8. The molecule has 73 heavy (non-hydrogen) atoms. The first-order valence-electron chi connectivity index (χ1n) is 24.9. The van der Waals surface area contributed by atoms with E-state index in [9.17, 15) is 0 Å². The molecule has 0 amide bonds. The zero-order chi connectivity index (χ0) is 47.8. The van der Waals surface area contributed by atoms with Gasteiger partial charge in [-0.3, -0.25) is 4.57 Å². The minimum absolute atomic E-state index is 0.533. The number of fused-ring (bicyclic) bond motifs is 20. The predicted molar refractivity (Wildman–Crippen MR) is 297 cm³/mol. The van der Waals surface area contributed by atoms with Crippen LogP contribution in [0.5, 0.6) is 0 Å². The summed E-state index contributed by atoms with van der Waals surface area (Å²) in [6, 6.07) is 87.3. The van der Waals surface area contributed by atoms with Gasteiger partial charge in [0.25, 0.3) is 0 Å². The average Bonchev–Trinajstić information content (AvgIpc) is 4.32. The number of aromatic nitrogens is 4. The summed E-state index contributed by atoms with van der Waals surface area (Å²) in [6.07, 6.45) is 0. The normalized spacial score (nSPS) is 13.0. The van der Waals surface area contributed by atoms with Gasteiger partial charge in [0.05, 0.1) is 16.4 Å².